The monoisotopic (exact) mass is 388 g/mol. The average molecular weight is 388 g/mol. The molecule has 7 heteroatoms. The Morgan fingerprint density at radius 2 is 1.72 bits per heavy atom. The van der Waals surface area contributed by atoms with Crippen LogP contribution in [-0.4, -0.2) is 28.4 Å². The van der Waals surface area contributed by atoms with Crippen LogP contribution in [-0.2, 0) is 6.54 Å². The second-order valence-electron chi connectivity index (χ2n) is 6.63. The Hall–Kier alpha value is -4.00. The number of anilines is 1. The molecule has 1 aliphatic rings. The van der Waals surface area contributed by atoms with Crippen LogP contribution in [0.3, 0.4) is 0 Å². The van der Waals surface area contributed by atoms with Crippen molar-refractivity contribution in [2.24, 2.45) is 0 Å². The van der Waals surface area contributed by atoms with E-state index in [9.17, 15) is 19.2 Å². The minimum Gasteiger partial charge on any atom is -0.467 e. The Morgan fingerprint density at radius 3 is 2.45 bits per heavy atom. The van der Waals surface area contributed by atoms with Crippen molar-refractivity contribution in [3.8, 4) is 0 Å². The van der Waals surface area contributed by atoms with Gasteiger partial charge in [-0.1, -0.05) is 12.1 Å². The first kappa shape index (κ1) is 18.4. The number of nitrogens with one attached hydrogen (secondary N) is 1. The standard InChI is InChI=1S/C22H16N2O5/c1-13(25)14-4-2-5-16(10-14)23-20(26)15-7-8-18-19(11-15)22(28)24(21(18)27)12-17-6-3-9-29-17/h2-11H,12H2,1H3,(H,23,26). The molecule has 2 heterocycles. The van der Waals surface area contributed by atoms with Gasteiger partial charge in [0.2, 0.25) is 0 Å². The lowest BCUT2D eigenvalue weighted by Crippen LogP contribution is -2.28. The second kappa shape index (κ2) is 7.20. The first-order chi connectivity index (χ1) is 13.9. The minimum absolute atomic E-state index is 0.0265. The molecule has 2 aromatic carbocycles. The fraction of sp³-hybridized carbons (Fsp3) is 0.0909. The molecule has 4 rings (SSSR count). The number of Topliss-reactive ketones (excluding diaryl/α,β-unsaturated/α-hetero) is 1. The molecule has 0 bridgehead atoms. The Kier molecular flexibility index (Phi) is 4.56. The van der Waals surface area contributed by atoms with E-state index in [4.69, 9.17) is 4.42 Å². The highest BCUT2D eigenvalue weighted by Crippen LogP contribution is 2.26. The number of hydrogen-bond donors (Lipinski definition) is 1. The van der Waals surface area contributed by atoms with Crippen LogP contribution in [0.4, 0.5) is 5.69 Å². The first-order valence-electron chi connectivity index (χ1n) is 8.89. The summed E-state index contributed by atoms with van der Waals surface area (Å²) in [6.45, 7) is 1.47. The van der Waals surface area contributed by atoms with Crippen LogP contribution in [0.1, 0.15) is 54.1 Å². The molecule has 0 unspecified atom stereocenters. The number of nitrogens with zero attached hydrogens (tertiary/aromatic N) is 1. The van der Waals surface area contributed by atoms with E-state index in [1.165, 1.54) is 31.4 Å². The maximum Gasteiger partial charge on any atom is 0.261 e. The molecule has 3 amide bonds. The van der Waals surface area contributed by atoms with Crippen molar-refractivity contribution >= 4 is 29.2 Å². The van der Waals surface area contributed by atoms with Crippen molar-refractivity contribution in [3.63, 3.8) is 0 Å². The van der Waals surface area contributed by atoms with E-state index in [0.717, 1.165) is 4.90 Å². The number of benzene rings is 2. The fourth-order valence-electron chi connectivity index (χ4n) is 3.15. The molecule has 0 radical (unpaired) electrons. The SMILES string of the molecule is CC(=O)c1cccc(NC(=O)c2ccc3c(c2)C(=O)N(Cc2ccco2)C3=O)c1. The summed E-state index contributed by atoms with van der Waals surface area (Å²) in [4.78, 5) is 50.4. The molecule has 0 atom stereocenters. The Balaban J connectivity index is 1.56. The summed E-state index contributed by atoms with van der Waals surface area (Å²) in [7, 11) is 0. The summed E-state index contributed by atoms with van der Waals surface area (Å²) in [5, 5.41) is 2.70. The number of furan rings is 1. The third-order valence-corrected chi connectivity index (χ3v) is 4.65. The van der Waals surface area contributed by atoms with Crippen LogP contribution in [0.25, 0.3) is 0 Å². The summed E-state index contributed by atoms with van der Waals surface area (Å²) in [5.41, 5.74) is 1.59. The van der Waals surface area contributed by atoms with Gasteiger partial charge in [-0.25, -0.2) is 0 Å². The van der Waals surface area contributed by atoms with Crippen molar-refractivity contribution in [2.45, 2.75) is 13.5 Å². The first-order valence-corrected chi connectivity index (χ1v) is 8.89. The number of amides is 3. The molecular weight excluding hydrogens is 372 g/mol. The fourth-order valence-corrected chi connectivity index (χ4v) is 3.15. The molecule has 0 spiro atoms. The summed E-state index contributed by atoms with van der Waals surface area (Å²) < 4.78 is 5.21. The van der Waals surface area contributed by atoms with E-state index in [1.807, 2.05) is 0 Å². The molecule has 3 aromatic rings. The highest BCUT2D eigenvalue weighted by Gasteiger charge is 2.36. The van der Waals surface area contributed by atoms with Crippen LogP contribution in [0, 0.1) is 0 Å². The zero-order valence-corrected chi connectivity index (χ0v) is 15.5. The predicted octanol–water partition coefficient (Wildman–Crippen LogP) is 3.53. The molecule has 0 saturated carbocycles. The zero-order valence-electron chi connectivity index (χ0n) is 15.5. The van der Waals surface area contributed by atoms with E-state index in [1.54, 1.807) is 36.4 Å². The normalized spacial score (nSPS) is 12.8. The summed E-state index contributed by atoms with van der Waals surface area (Å²) in [5.74, 6) is -0.974. The van der Waals surface area contributed by atoms with Gasteiger partial charge in [-0.05, 0) is 49.4 Å². The van der Waals surface area contributed by atoms with Gasteiger partial charge in [0, 0.05) is 16.8 Å². The van der Waals surface area contributed by atoms with Crippen LogP contribution in [0.2, 0.25) is 0 Å². The molecule has 0 saturated heterocycles. The van der Waals surface area contributed by atoms with Crippen molar-refractivity contribution in [3.05, 3.63) is 88.9 Å². The van der Waals surface area contributed by atoms with Crippen LogP contribution < -0.4 is 5.32 Å². The lowest BCUT2D eigenvalue weighted by Gasteiger charge is -2.11. The topological polar surface area (TPSA) is 96.7 Å². The third-order valence-electron chi connectivity index (χ3n) is 4.65. The zero-order chi connectivity index (χ0) is 20.5. The highest BCUT2D eigenvalue weighted by atomic mass is 16.3. The van der Waals surface area contributed by atoms with E-state index < -0.39 is 17.7 Å². The van der Waals surface area contributed by atoms with Gasteiger partial charge in [-0.2, -0.15) is 0 Å². The number of carbonyl (C=O) groups excluding carboxylic acids is 4. The predicted molar refractivity (Wildman–Crippen MR) is 104 cm³/mol. The average Bonchev–Trinajstić information content (AvgIpc) is 3.31. The Morgan fingerprint density at radius 1 is 0.931 bits per heavy atom. The van der Waals surface area contributed by atoms with Crippen LogP contribution in [0.15, 0.2) is 65.3 Å². The summed E-state index contributed by atoms with van der Waals surface area (Å²) in [6.07, 6.45) is 1.47. The molecule has 1 aromatic heterocycles. The number of imide groups is 1. The number of carbonyl (C=O) groups is 4. The number of hydrogen-bond acceptors (Lipinski definition) is 5. The molecule has 0 aliphatic carbocycles. The van der Waals surface area contributed by atoms with Crippen molar-refractivity contribution < 1.29 is 23.6 Å². The van der Waals surface area contributed by atoms with Crippen LogP contribution >= 0.6 is 0 Å². The van der Waals surface area contributed by atoms with E-state index in [0.29, 0.717) is 17.0 Å². The molecule has 144 valence electrons. The van der Waals surface area contributed by atoms with Gasteiger partial charge in [0.25, 0.3) is 17.7 Å². The summed E-state index contributed by atoms with van der Waals surface area (Å²) >= 11 is 0. The molecule has 29 heavy (non-hydrogen) atoms. The van der Waals surface area contributed by atoms with Crippen molar-refractivity contribution in [2.75, 3.05) is 5.32 Å². The van der Waals surface area contributed by atoms with Crippen LogP contribution in [0.5, 0.6) is 0 Å². The summed E-state index contributed by atoms with van der Waals surface area (Å²) in [6, 6.07) is 14.3. The number of ketones is 1. The van der Waals surface area contributed by atoms with Gasteiger partial charge in [0.1, 0.15) is 5.76 Å². The smallest absolute Gasteiger partial charge is 0.261 e. The lowest BCUT2D eigenvalue weighted by molar-refractivity contribution is 0.0631. The third kappa shape index (κ3) is 3.45. The van der Waals surface area contributed by atoms with Crippen molar-refractivity contribution in [1.29, 1.82) is 0 Å². The van der Waals surface area contributed by atoms with Gasteiger partial charge in [-0.15, -0.1) is 0 Å². The molecule has 1 aliphatic heterocycles. The maximum absolute atomic E-state index is 12.7. The van der Waals surface area contributed by atoms with Gasteiger partial charge >= 0.3 is 0 Å². The van der Waals surface area contributed by atoms with Gasteiger partial charge in [0.05, 0.1) is 23.9 Å². The van der Waals surface area contributed by atoms with E-state index >= 15 is 0 Å². The number of fused-ring (bicyclic) bond motifs is 1. The van der Waals surface area contributed by atoms with E-state index in [-0.39, 0.29) is 29.0 Å². The van der Waals surface area contributed by atoms with Crippen molar-refractivity contribution in [1.82, 2.24) is 4.90 Å². The highest BCUT2D eigenvalue weighted by molar-refractivity contribution is 6.22. The van der Waals surface area contributed by atoms with Gasteiger partial charge < -0.3 is 9.73 Å². The van der Waals surface area contributed by atoms with Gasteiger partial charge in [-0.3, -0.25) is 24.1 Å². The largest absolute Gasteiger partial charge is 0.467 e. The molecular formula is C22H16N2O5. The Bertz CT molecular complexity index is 1150. The maximum atomic E-state index is 12.7. The molecule has 0 fully saturated rings. The lowest BCUT2D eigenvalue weighted by atomic mass is 10.0. The number of rotatable bonds is 5. The van der Waals surface area contributed by atoms with E-state index in [2.05, 4.69) is 5.32 Å². The quantitative estimate of drug-likeness (QED) is 0.533. The second-order valence-corrected chi connectivity index (χ2v) is 6.63. The molecule has 7 nitrogen and oxygen atoms in total. The minimum atomic E-state index is -0.477. The van der Waals surface area contributed by atoms with Gasteiger partial charge in [0.15, 0.2) is 5.78 Å². The molecule has 1 N–H and O–H groups in total. The Labute approximate surface area is 165 Å².